The van der Waals surface area contributed by atoms with Gasteiger partial charge in [-0.3, -0.25) is 14.6 Å². The zero-order valence-electron chi connectivity index (χ0n) is 17.9. The summed E-state index contributed by atoms with van der Waals surface area (Å²) in [6.45, 7) is 2.80. The normalized spacial score (nSPS) is 17.3. The van der Waals surface area contributed by atoms with E-state index in [2.05, 4.69) is 4.98 Å². The second-order valence-electron chi connectivity index (χ2n) is 8.13. The number of aromatic nitrogens is 1. The van der Waals surface area contributed by atoms with Gasteiger partial charge in [-0.1, -0.05) is 12.5 Å². The van der Waals surface area contributed by atoms with Gasteiger partial charge in [0.1, 0.15) is 0 Å². The topological polar surface area (TPSA) is 94.8 Å². The Kier molecular flexibility index (Phi) is 6.39. The highest BCUT2D eigenvalue weighted by Gasteiger charge is 2.35. The summed E-state index contributed by atoms with van der Waals surface area (Å²) in [6, 6.07) is 8.66. The quantitative estimate of drug-likeness (QED) is 0.697. The Morgan fingerprint density at radius 2 is 2.03 bits per heavy atom. The van der Waals surface area contributed by atoms with Crippen LogP contribution in [0, 0.1) is 0 Å². The average molecular weight is 424 g/mol. The minimum absolute atomic E-state index is 0.0244. The molecule has 0 saturated heterocycles. The molecule has 2 amide bonds. The number of ether oxygens (including phenoxy) is 2. The molecule has 2 aromatic rings. The van der Waals surface area contributed by atoms with E-state index in [9.17, 15) is 9.59 Å². The maximum atomic E-state index is 13.0. The van der Waals surface area contributed by atoms with Gasteiger partial charge in [0.25, 0.3) is 5.91 Å². The number of carbonyl (C=O) groups is 2. The van der Waals surface area contributed by atoms with Crippen molar-refractivity contribution in [2.75, 3.05) is 6.61 Å². The fraction of sp³-hybridized carbons (Fsp3) is 0.458. The Hall–Kier alpha value is -3.09. The van der Waals surface area contributed by atoms with Gasteiger partial charge in [0.05, 0.1) is 43.0 Å². The first-order valence-electron chi connectivity index (χ1n) is 11.0. The Morgan fingerprint density at radius 3 is 2.74 bits per heavy atom. The van der Waals surface area contributed by atoms with Gasteiger partial charge >= 0.3 is 0 Å². The van der Waals surface area contributed by atoms with Crippen molar-refractivity contribution in [2.45, 2.75) is 64.1 Å². The number of nitrogens with two attached hydrogens (primary N) is 1. The monoisotopic (exact) mass is 423 g/mol. The number of pyridine rings is 1. The SMILES string of the molecule is CCOc1ccc(C(CC(N)=O)N2Cc3ncccc3C2=O)cc1OC1CCCCC1. The van der Waals surface area contributed by atoms with Crippen molar-refractivity contribution < 1.29 is 19.1 Å². The second kappa shape index (κ2) is 9.37. The summed E-state index contributed by atoms with van der Waals surface area (Å²) in [4.78, 5) is 30.9. The molecule has 1 aliphatic heterocycles. The Balaban J connectivity index is 1.66. The molecule has 4 rings (SSSR count). The van der Waals surface area contributed by atoms with Gasteiger partial charge in [0, 0.05) is 6.20 Å². The van der Waals surface area contributed by atoms with Crippen molar-refractivity contribution in [3.8, 4) is 11.5 Å². The number of hydrogen-bond donors (Lipinski definition) is 1. The van der Waals surface area contributed by atoms with Crippen LogP contribution in [0.25, 0.3) is 0 Å². The number of hydrogen-bond acceptors (Lipinski definition) is 5. The van der Waals surface area contributed by atoms with E-state index in [1.807, 2.05) is 25.1 Å². The van der Waals surface area contributed by atoms with Gasteiger partial charge in [-0.15, -0.1) is 0 Å². The maximum absolute atomic E-state index is 13.0. The van der Waals surface area contributed by atoms with E-state index in [1.165, 1.54) is 6.42 Å². The lowest BCUT2D eigenvalue weighted by molar-refractivity contribution is -0.119. The standard InChI is InChI=1S/C24H29N3O4/c1-2-30-21-11-10-16(13-22(21)31-17-7-4-3-5-8-17)20(14-23(25)28)27-15-19-18(24(27)29)9-6-12-26-19/h6,9-13,17,20H,2-5,7-8,14-15H2,1H3,(H2,25,28). The van der Waals surface area contributed by atoms with E-state index in [0.717, 1.165) is 31.2 Å². The molecule has 1 aromatic heterocycles. The molecule has 0 spiro atoms. The van der Waals surface area contributed by atoms with E-state index < -0.39 is 11.9 Å². The third-order valence-electron chi connectivity index (χ3n) is 5.97. The van der Waals surface area contributed by atoms with Crippen LogP contribution in [0.3, 0.4) is 0 Å². The summed E-state index contributed by atoms with van der Waals surface area (Å²) in [7, 11) is 0. The van der Waals surface area contributed by atoms with Crippen LogP contribution >= 0.6 is 0 Å². The lowest BCUT2D eigenvalue weighted by Crippen LogP contribution is -2.32. The Bertz CT molecular complexity index is 956. The molecule has 164 valence electrons. The summed E-state index contributed by atoms with van der Waals surface area (Å²) < 4.78 is 12.1. The summed E-state index contributed by atoms with van der Waals surface area (Å²) in [6.07, 6.45) is 7.45. The fourth-order valence-electron chi connectivity index (χ4n) is 4.46. The van der Waals surface area contributed by atoms with E-state index in [0.29, 0.717) is 35.9 Å². The van der Waals surface area contributed by atoms with Gasteiger partial charge in [-0.2, -0.15) is 0 Å². The minimum atomic E-state index is -0.497. The van der Waals surface area contributed by atoms with E-state index in [-0.39, 0.29) is 18.4 Å². The van der Waals surface area contributed by atoms with E-state index in [1.54, 1.807) is 23.2 Å². The molecule has 31 heavy (non-hydrogen) atoms. The number of primary amides is 1. The molecular weight excluding hydrogens is 394 g/mol. The molecule has 7 nitrogen and oxygen atoms in total. The van der Waals surface area contributed by atoms with Crippen LogP contribution in [0.2, 0.25) is 0 Å². The van der Waals surface area contributed by atoms with Crippen molar-refractivity contribution in [1.82, 2.24) is 9.88 Å². The summed E-state index contributed by atoms with van der Waals surface area (Å²) in [5.41, 5.74) is 7.65. The predicted octanol–water partition coefficient (Wildman–Crippen LogP) is 3.76. The predicted molar refractivity (Wildman–Crippen MR) is 116 cm³/mol. The molecule has 0 radical (unpaired) electrons. The number of rotatable bonds is 8. The first kappa shape index (κ1) is 21.2. The lowest BCUT2D eigenvalue weighted by atomic mass is 9.97. The first-order valence-corrected chi connectivity index (χ1v) is 11.0. The van der Waals surface area contributed by atoms with Crippen LogP contribution in [0.4, 0.5) is 0 Å². The zero-order chi connectivity index (χ0) is 21.8. The minimum Gasteiger partial charge on any atom is -0.490 e. The number of carbonyl (C=O) groups excluding carboxylic acids is 2. The lowest BCUT2D eigenvalue weighted by Gasteiger charge is -2.29. The molecule has 2 N–H and O–H groups in total. The van der Waals surface area contributed by atoms with Crippen LogP contribution in [0.1, 0.15) is 73.1 Å². The molecule has 1 atom stereocenters. The molecule has 1 saturated carbocycles. The van der Waals surface area contributed by atoms with Crippen molar-refractivity contribution in [3.63, 3.8) is 0 Å². The highest BCUT2D eigenvalue weighted by molar-refractivity contribution is 5.98. The van der Waals surface area contributed by atoms with Gasteiger partial charge in [-0.25, -0.2) is 0 Å². The molecule has 1 aliphatic carbocycles. The fourth-order valence-corrected chi connectivity index (χ4v) is 4.46. The molecular formula is C24H29N3O4. The largest absolute Gasteiger partial charge is 0.490 e. The molecule has 2 heterocycles. The number of nitrogens with zero attached hydrogens (tertiary/aromatic N) is 2. The summed E-state index contributed by atoms with van der Waals surface area (Å²) in [5, 5.41) is 0. The highest BCUT2D eigenvalue weighted by atomic mass is 16.5. The third-order valence-corrected chi connectivity index (χ3v) is 5.97. The first-order chi connectivity index (χ1) is 15.1. The van der Waals surface area contributed by atoms with Gasteiger partial charge < -0.3 is 20.1 Å². The summed E-state index contributed by atoms with van der Waals surface area (Å²) in [5.74, 6) is 0.721. The van der Waals surface area contributed by atoms with Gasteiger partial charge in [0.15, 0.2) is 11.5 Å². The van der Waals surface area contributed by atoms with Crippen LogP contribution in [-0.4, -0.2) is 34.4 Å². The van der Waals surface area contributed by atoms with Crippen molar-refractivity contribution >= 4 is 11.8 Å². The van der Waals surface area contributed by atoms with Crippen molar-refractivity contribution in [1.29, 1.82) is 0 Å². The number of fused-ring (bicyclic) bond motifs is 1. The van der Waals surface area contributed by atoms with Crippen molar-refractivity contribution in [2.24, 2.45) is 5.73 Å². The zero-order valence-corrected chi connectivity index (χ0v) is 17.9. The Morgan fingerprint density at radius 1 is 1.23 bits per heavy atom. The Labute approximate surface area is 182 Å². The molecule has 7 heteroatoms. The molecule has 1 unspecified atom stereocenters. The smallest absolute Gasteiger partial charge is 0.256 e. The van der Waals surface area contributed by atoms with Crippen LogP contribution in [0.15, 0.2) is 36.5 Å². The van der Waals surface area contributed by atoms with Crippen LogP contribution in [0.5, 0.6) is 11.5 Å². The number of amides is 2. The van der Waals surface area contributed by atoms with Crippen molar-refractivity contribution in [3.05, 3.63) is 53.3 Å². The highest BCUT2D eigenvalue weighted by Crippen LogP contribution is 2.38. The molecule has 2 aliphatic rings. The van der Waals surface area contributed by atoms with Gasteiger partial charge in [0.2, 0.25) is 5.91 Å². The molecule has 1 aromatic carbocycles. The third kappa shape index (κ3) is 4.65. The van der Waals surface area contributed by atoms with Crippen LogP contribution in [-0.2, 0) is 11.3 Å². The maximum Gasteiger partial charge on any atom is 0.256 e. The number of benzene rings is 1. The van der Waals surface area contributed by atoms with E-state index in [4.69, 9.17) is 15.2 Å². The molecule has 0 bridgehead atoms. The average Bonchev–Trinajstić information content (AvgIpc) is 3.10. The van der Waals surface area contributed by atoms with Crippen LogP contribution < -0.4 is 15.2 Å². The second-order valence-corrected chi connectivity index (χ2v) is 8.13. The summed E-state index contributed by atoms with van der Waals surface area (Å²) >= 11 is 0. The van der Waals surface area contributed by atoms with E-state index >= 15 is 0 Å². The molecule has 1 fully saturated rings. The van der Waals surface area contributed by atoms with Gasteiger partial charge in [-0.05, 0) is 62.4 Å².